The van der Waals surface area contributed by atoms with Crippen molar-refractivity contribution in [1.29, 1.82) is 0 Å². The predicted molar refractivity (Wildman–Crippen MR) is 64.0 cm³/mol. The van der Waals surface area contributed by atoms with E-state index in [2.05, 4.69) is 40.5 Å². The van der Waals surface area contributed by atoms with E-state index in [0.717, 1.165) is 0 Å². The second-order valence-electron chi connectivity index (χ2n) is 3.28. The number of halogens is 1. The molecule has 0 saturated heterocycles. The van der Waals surface area contributed by atoms with E-state index in [0.29, 0.717) is 6.54 Å². The largest absolute Gasteiger partial charge is 0.351 e. The van der Waals surface area contributed by atoms with Crippen LogP contribution in [-0.2, 0) is 11.3 Å². The van der Waals surface area contributed by atoms with Gasteiger partial charge in [0.2, 0.25) is 5.91 Å². The molecule has 4 heteroatoms. The number of thiophene rings is 1. The van der Waals surface area contributed by atoms with Crippen molar-refractivity contribution in [2.45, 2.75) is 32.1 Å². The molecule has 0 bridgehead atoms. The van der Waals surface area contributed by atoms with Gasteiger partial charge >= 0.3 is 0 Å². The molecular weight excluding hydrogens is 262 g/mol. The van der Waals surface area contributed by atoms with Crippen molar-refractivity contribution in [1.82, 2.24) is 5.32 Å². The van der Waals surface area contributed by atoms with Crippen molar-refractivity contribution in [3.8, 4) is 0 Å². The van der Waals surface area contributed by atoms with Crippen LogP contribution in [0.3, 0.4) is 0 Å². The first kappa shape index (κ1) is 11.7. The first-order valence-electron chi connectivity index (χ1n) is 4.47. The van der Waals surface area contributed by atoms with Crippen molar-refractivity contribution in [3.05, 3.63) is 21.4 Å². The summed E-state index contributed by atoms with van der Waals surface area (Å²) in [5.41, 5.74) is 2.51. The van der Waals surface area contributed by atoms with Crippen molar-refractivity contribution in [3.63, 3.8) is 0 Å². The average Bonchev–Trinajstić information content (AvgIpc) is 2.44. The molecule has 0 aliphatic heterocycles. The van der Waals surface area contributed by atoms with E-state index in [1.165, 1.54) is 16.0 Å². The zero-order chi connectivity index (χ0) is 10.7. The topological polar surface area (TPSA) is 29.1 Å². The maximum absolute atomic E-state index is 11.3. The third-order valence-electron chi connectivity index (χ3n) is 2.20. The molecule has 0 saturated carbocycles. The Morgan fingerprint density at radius 2 is 2.29 bits per heavy atom. The van der Waals surface area contributed by atoms with Gasteiger partial charge in [0.25, 0.3) is 0 Å². The molecule has 1 N–H and O–H groups in total. The molecule has 2 nitrogen and oxygen atoms in total. The Morgan fingerprint density at radius 3 is 2.71 bits per heavy atom. The lowest BCUT2D eigenvalue weighted by atomic mass is 10.2. The van der Waals surface area contributed by atoms with E-state index in [4.69, 9.17) is 0 Å². The van der Waals surface area contributed by atoms with E-state index in [1.807, 2.05) is 6.92 Å². The molecule has 0 aliphatic rings. The molecule has 0 spiro atoms. The van der Waals surface area contributed by atoms with Crippen LogP contribution in [0.15, 0.2) is 5.38 Å². The summed E-state index contributed by atoms with van der Waals surface area (Å²) in [6, 6.07) is 0. The minimum absolute atomic E-state index is 0.0354. The van der Waals surface area contributed by atoms with Gasteiger partial charge in [0.15, 0.2) is 0 Å². The molecule has 0 aliphatic carbocycles. The fourth-order valence-corrected chi connectivity index (χ4v) is 2.11. The van der Waals surface area contributed by atoms with Crippen molar-refractivity contribution >= 4 is 33.2 Å². The zero-order valence-electron chi connectivity index (χ0n) is 8.56. The van der Waals surface area contributed by atoms with Gasteiger partial charge in [0.05, 0.1) is 4.83 Å². The summed E-state index contributed by atoms with van der Waals surface area (Å²) in [5.74, 6) is 0.0354. The normalized spacial score (nSPS) is 12.6. The highest BCUT2D eigenvalue weighted by atomic mass is 79.9. The summed E-state index contributed by atoms with van der Waals surface area (Å²) < 4.78 is 0. The molecular formula is C10H14BrNOS. The van der Waals surface area contributed by atoms with E-state index >= 15 is 0 Å². The Kier molecular flexibility index (Phi) is 4.13. The van der Waals surface area contributed by atoms with Crippen LogP contribution in [0.4, 0.5) is 0 Å². The van der Waals surface area contributed by atoms with Gasteiger partial charge < -0.3 is 5.32 Å². The number of aryl methyl sites for hydroxylation is 1. The van der Waals surface area contributed by atoms with Crippen molar-refractivity contribution in [2.24, 2.45) is 0 Å². The second kappa shape index (κ2) is 4.94. The van der Waals surface area contributed by atoms with Crippen molar-refractivity contribution < 1.29 is 4.79 Å². The van der Waals surface area contributed by atoms with Gasteiger partial charge in [-0.3, -0.25) is 4.79 Å². The van der Waals surface area contributed by atoms with E-state index in [9.17, 15) is 4.79 Å². The van der Waals surface area contributed by atoms with Crippen LogP contribution < -0.4 is 5.32 Å². The lowest BCUT2D eigenvalue weighted by molar-refractivity contribution is -0.120. The highest BCUT2D eigenvalue weighted by molar-refractivity contribution is 9.10. The molecule has 1 heterocycles. The molecule has 1 amide bonds. The molecule has 1 aromatic heterocycles. The molecule has 1 atom stereocenters. The summed E-state index contributed by atoms with van der Waals surface area (Å²) in [6.45, 7) is 6.63. The Bertz CT molecular complexity index is 333. The molecule has 14 heavy (non-hydrogen) atoms. The van der Waals surface area contributed by atoms with Gasteiger partial charge in [-0.25, -0.2) is 0 Å². The maximum Gasteiger partial charge on any atom is 0.233 e. The molecule has 0 fully saturated rings. The third kappa shape index (κ3) is 2.82. The molecule has 1 rings (SSSR count). The fraction of sp³-hybridized carbons (Fsp3) is 0.500. The number of nitrogens with one attached hydrogen (secondary N) is 1. The average molecular weight is 276 g/mol. The van der Waals surface area contributed by atoms with Gasteiger partial charge in [-0.15, -0.1) is 11.3 Å². The van der Waals surface area contributed by atoms with Crippen LogP contribution in [0.1, 0.15) is 22.9 Å². The number of amides is 1. The molecule has 78 valence electrons. The summed E-state index contributed by atoms with van der Waals surface area (Å²) in [7, 11) is 0. The van der Waals surface area contributed by atoms with Gasteiger partial charge in [0, 0.05) is 11.4 Å². The third-order valence-corrected chi connectivity index (χ3v) is 3.68. The molecule has 0 aromatic carbocycles. The first-order valence-corrected chi connectivity index (χ1v) is 6.27. The van der Waals surface area contributed by atoms with Crippen LogP contribution in [0.25, 0.3) is 0 Å². The Hall–Kier alpha value is -0.350. The lowest BCUT2D eigenvalue weighted by Crippen LogP contribution is -2.28. The first-order chi connectivity index (χ1) is 6.52. The summed E-state index contributed by atoms with van der Waals surface area (Å²) in [4.78, 5) is 12.5. The monoisotopic (exact) mass is 275 g/mol. The highest BCUT2D eigenvalue weighted by Gasteiger charge is 2.09. The van der Waals surface area contributed by atoms with Gasteiger partial charge in [-0.2, -0.15) is 0 Å². The van der Waals surface area contributed by atoms with E-state index < -0.39 is 0 Å². The van der Waals surface area contributed by atoms with Crippen LogP contribution in [0.5, 0.6) is 0 Å². The van der Waals surface area contributed by atoms with E-state index in [-0.39, 0.29) is 10.7 Å². The number of alkyl halides is 1. The number of hydrogen-bond acceptors (Lipinski definition) is 2. The summed E-state index contributed by atoms with van der Waals surface area (Å²) in [6.07, 6.45) is 0. The van der Waals surface area contributed by atoms with Gasteiger partial charge in [-0.1, -0.05) is 15.9 Å². The standard InChI is InChI=1S/C10H14BrNOS/c1-6-8(3)14-5-9(6)4-12-10(13)7(2)11/h5,7H,4H2,1-3H3,(H,12,13). The number of carbonyl (C=O) groups is 1. The molecule has 1 unspecified atom stereocenters. The van der Waals surface area contributed by atoms with E-state index in [1.54, 1.807) is 11.3 Å². The number of carbonyl (C=O) groups excluding carboxylic acids is 1. The van der Waals surface area contributed by atoms with Crippen LogP contribution in [0, 0.1) is 13.8 Å². The highest BCUT2D eigenvalue weighted by Crippen LogP contribution is 2.20. The SMILES string of the molecule is Cc1scc(CNC(=O)C(C)Br)c1C. The van der Waals surface area contributed by atoms with Crippen LogP contribution in [-0.4, -0.2) is 10.7 Å². The zero-order valence-corrected chi connectivity index (χ0v) is 11.0. The van der Waals surface area contributed by atoms with Gasteiger partial charge in [0.1, 0.15) is 0 Å². The minimum atomic E-state index is -0.123. The Morgan fingerprint density at radius 1 is 1.64 bits per heavy atom. The minimum Gasteiger partial charge on any atom is -0.351 e. The van der Waals surface area contributed by atoms with Gasteiger partial charge in [-0.05, 0) is 37.3 Å². The Balaban J connectivity index is 2.54. The number of rotatable bonds is 3. The quantitative estimate of drug-likeness (QED) is 0.845. The maximum atomic E-state index is 11.3. The number of hydrogen-bond donors (Lipinski definition) is 1. The lowest BCUT2D eigenvalue weighted by Gasteiger charge is -2.06. The fourth-order valence-electron chi connectivity index (χ4n) is 1.06. The van der Waals surface area contributed by atoms with Crippen LogP contribution >= 0.6 is 27.3 Å². The summed E-state index contributed by atoms with van der Waals surface area (Å²) in [5, 5.41) is 4.97. The molecule has 0 radical (unpaired) electrons. The summed E-state index contributed by atoms with van der Waals surface area (Å²) >= 11 is 4.96. The van der Waals surface area contributed by atoms with Crippen LogP contribution in [0.2, 0.25) is 0 Å². The Labute approximate surface area is 96.8 Å². The predicted octanol–water partition coefficient (Wildman–Crippen LogP) is 2.76. The van der Waals surface area contributed by atoms with Crippen molar-refractivity contribution in [2.75, 3.05) is 0 Å². The second-order valence-corrected chi connectivity index (χ2v) is 5.73. The molecule has 1 aromatic rings. The smallest absolute Gasteiger partial charge is 0.233 e.